The Labute approximate surface area is 107 Å². The molecule has 1 unspecified atom stereocenters. The summed E-state index contributed by atoms with van der Waals surface area (Å²) < 4.78 is 0. The zero-order chi connectivity index (χ0) is 12.3. The third-order valence-electron chi connectivity index (χ3n) is 3.27. The first kappa shape index (κ1) is 14.0. The van der Waals surface area contributed by atoms with E-state index in [9.17, 15) is 0 Å². The fraction of sp³-hybridized carbons (Fsp3) is 0.667. The molecule has 92 valence electrons. The third-order valence-corrected chi connectivity index (χ3v) is 4.71. The van der Waals surface area contributed by atoms with Crippen LogP contribution in [0.3, 0.4) is 0 Å². The summed E-state index contributed by atoms with van der Waals surface area (Å²) in [5.74, 6) is 0. The molecule has 0 aliphatic heterocycles. The fourth-order valence-corrected chi connectivity index (χ4v) is 3.44. The monoisotopic (exact) mass is 260 g/mol. The van der Waals surface area contributed by atoms with Gasteiger partial charge in [0, 0.05) is 10.4 Å². The number of likely N-dealkylation sites (N-methyl/N-ethyl adjacent to an activating group) is 1. The molecule has 0 spiro atoms. The Morgan fingerprint density at radius 1 is 1.44 bits per heavy atom. The summed E-state index contributed by atoms with van der Waals surface area (Å²) in [4.78, 5) is 3.45. The highest BCUT2D eigenvalue weighted by Crippen LogP contribution is 2.36. The van der Waals surface area contributed by atoms with Gasteiger partial charge in [-0.2, -0.15) is 0 Å². The third kappa shape index (κ3) is 2.59. The van der Waals surface area contributed by atoms with E-state index in [2.05, 4.69) is 32.6 Å². The van der Waals surface area contributed by atoms with Crippen LogP contribution in [0.4, 0.5) is 0 Å². The summed E-state index contributed by atoms with van der Waals surface area (Å²) in [6.07, 6.45) is 0. The lowest BCUT2D eigenvalue weighted by atomic mass is 9.91. The Kier molecular flexibility index (Phi) is 4.80. The summed E-state index contributed by atoms with van der Waals surface area (Å²) in [5.41, 5.74) is 6.28. The molecule has 0 saturated heterocycles. The van der Waals surface area contributed by atoms with E-state index in [-0.39, 0.29) is 11.6 Å². The van der Waals surface area contributed by atoms with Gasteiger partial charge in [-0.1, -0.05) is 25.4 Å². The van der Waals surface area contributed by atoms with E-state index in [1.165, 1.54) is 0 Å². The van der Waals surface area contributed by atoms with Gasteiger partial charge in [-0.05, 0) is 38.4 Å². The van der Waals surface area contributed by atoms with Crippen molar-refractivity contribution in [1.29, 1.82) is 0 Å². The van der Waals surface area contributed by atoms with Crippen molar-refractivity contribution in [2.45, 2.75) is 39.3 Å². The molecule has 0 bridgehead atoms. The van der Waals surface area contributed by atoms with E-state index in [0.717, 1.165) is 23.0 Å². The average molecular weight is 261 g/mol. The lowest BCUT2D eigenvalue weighted by molar-refractivity contribution is 0.108. The molecule has 0 amide bonds. The fourth-order valence-electron chi connectivity index (χ4n) is 2.08. The number of halogens is 1. The Hall–Kier alpha value is -0.0900. The zero-order valence-electron chi connectivity index (χ0n) is 10.5. The van der Waals surface area contributed by atoms with Crippen LogP contribution in [0.2, 0.25) is 5.02 Å². The van der Waals surface area contributed by atoms with Crippen molar-refractivity contribution in [3.8, 4) is 0 Å². The van der Waals surface area contributed by atoms with E-state index in [1.807, 2.05) is 11.4 Å². The highest BCUT2D eigenvalue weighted by atomic mass is 35.5. The molecule has 1 atom stereocenters. The maximum Gasteiger partial charge on any atom is 0.0586 e. The molecule has 1 aromatic rings. The summed E-state index contributed by atoms with van der Waals surface area (Å²) in [5, 5.41) is 2.79. The molecule has 1 heterocycles. The normalized spacial score (nSPS) is 14.4. The van der Waals surface area contributed by atoms with Crippen LogP contribution < -0.4 is 5.73 Å². The van der Waals surface area contributed by atoms with Crippen molar-refractivity contribution in [1.82, 2.24) is 4.90 Å². The number of nitrogens with two attached hydrogens (primary N) is 1. The lowest BCUT2D eigenvalue weighted by Crippen LogP contribution is -2.50. The van der Waals surface area contributed by atoms with Crippen molar-refractivity contribution in [3.05, 3.63) is 21.3 Å². The van der Waals surface area contributed by atoms with Crippen LogP contribution in [0.15, 0.2) is 11.4 Å². The molecule has 0 saturated carbocycles. The molecule has 1 aromatic heterocycles. The van der Waals surface area contributed by atoms with Crippen LogP contribution in [0.25, 0.3) is 0 Å². The summed E-state index contributed by atoms with van der Waals surface area (Å²) in [6, 6.07) is 1.87. The van der Waals surface area contributed by atoms with E-state index in [1.54, 1.807) is 11.3 Å². The van der Waals surface area contributed by atoms with Crippen LogP contribution in [-0.4, -0.2) is 23.5 Å². The maximum absolute atomic E-state index is 6.35. The standard InChI is InChI=1S/C12H21ClN2S/c1-5-15(6-2)12(3,4)11(14)10-9(13)7-8-16-10/h7-8,11H,5-6,14H2,1-4H3. The van der Waals surface area contributed by atoms with Gasteiger partial charge >= 0.3 is 0 Å². The molecule has 0 aliphatic carbocycles. The molecule has 16 heavy (non-hydrogen) atoms. The van der Waals surface area contributed by atoms with Crippen LogP contribution in [0, 0.1) is 0 Å². The number of nitrogens with zero attached hydrogens (tertiary/aromatic N) is 1. The predicted molar refractivity (Wildman–Crippen MR) is 73.3 cm³/mol. The highest BCUT2D eigenvalue weighted by Gasteiger charge is 2.34. The number of hydrogen-bond acceptors (Lipinski definition) is 3. The van der Waals surface area contributed by atoms with Gasteiger partial charge in [0.15, 0.2) is 0 Å². The first-order chi connectivity index (χ1) is 7.45. The molecule has 0 aromatic carbocycles. The molecule has 2 nitrogen and oxygen atoms in total. The van der Waals surface area contributed by atoms with Crippen LogP contribution >= 0.6 is 22.9 Å². The zero-order valence-corrected chi connectivity index (χ0v) is 12.0. The highest BCUT2D eigenvalue weighted by molar-refractivity contribution is 7.10. The first-order valence-corrected chi connectivity index (χ1v) is 6.94. The number of thiophene rings is 1. The molecular formula is C12H21ClN2S. The minimum absolute atomic E-state index is 0.0418. The first-order valence-electron chi connectivity index (χ1n) is 5.68. The van der Waals surface area contributed by atoms with Crippen molar-refractivity contribution >= 4 is 22.9 Å². The minimum Gasteiger partial charge on any atom is -0.322 e. The minimum atomic E-state index is -0.0714. The predicted octanol–water partition coefficient (Wildman–Crippen LogP) is 3.52. The summed E-state index contributed by atoms with van der Waals surface area (Å²) in [7, 11) is 0. The van der Waals surface area contributed by atoms with Gasteiger partial charge in [0.25, 0.3) is 0 Å². The smallest absolute Gasteiger partial charge is 0.0586 e. The van der Waals surface area contributed by atoms with E-state index in [0.29, 0.717) is 0 Å². The average Bonchev–Trinajstić information content (AvgIpc) is 2.64. The summed E-state index contributed by atoms with van der Waals surface area (Å²) >= 11 is 7.78. The van der Waals surface area contributed by atoms with Gasteiger partial charge in [-0.3, -0.25) is 4.90 Å². The number of rotatable bonds is 5. The van der Waals surface area contributed by atoms with Gasteiger partial charge in [-0.15, -0.1) is 11.3 Å². The Bertz CT molecular complexity index is 332. The van der Waals surface area contributed by atoms with Crippen LogP contribution in [-0.2, 0) is 0 Å². The largest absolute Gasteiger partial charge is 0.322 e. The second-order valence-corrected chi connectivity index (χ2v) is 5.79. The van der Waals surface area contributed by atoms with Crippen LogP contribution in [0.1, 0.15) is 38.6 Å². The van der Waals surface area contributed by atoms with Gasteiger partial charge in [0.05, 0.1) is 11.1 Å². The molecule has 0 fully saturated rings. The molecule has 4 heteroatoms. The van der Waals surface area contributed by atoms with Gasteiger partial charge < -0.3 is 5.73 Å². The Balaban J connectivity index is 2.95. The SMILES string of the molecule is CCN(CC)C(C)(C)C(N)c1sccc1Cl. The maximum atomic E-state index is 6.35. The van der Waals surface area contributed by atoms with Gasteiger partial charge in [-0.25, -0.2) is 0 Å². The second-order valence-electron chi connectivity index (χ2n) is 4.44. The van der Waals surface area contributed by atoms with Crippen molar-refractivity contribution in [2.75, 3.05) is 13.1 Å². The van der Waals surface area contributed by atoms with E-state index < -0.39 is 0 Å². The molecule has 0 aliphatic rings. The van der Waals surface area contributed by atoms with Crippen molar-refractivity contribution in [2.24, 2.45) is 5.73 Å². The van der Waals surface area contributed by atoms with E-state index >= 15 is 0 Å². The van der Waals surface area contributed by atoms with Gasteiger partial charge in [0.1, 0.15) is 0 Å². The van der Waals surface area contributed by atoms with Crippen molar-refractivity contribution in [3.63, 3.8) is 0 Å². The number of hydrogen-bond donors (Lipinski definition) is 1. The quantitative estimate of drug-likeness (QED) is 0.878. The molecule has 0 radical (unpaired) electrons. The Morgan fingerprint density at radius 2 is 2.00 bits per heavy atom. The summed E-state index contributed by atoms with van der Waals surface area (Å²) in [6.45, 7) is 10.7. The van der Waals surface area contributed by atoms with Crippen molar-refractivity contribution < 1.29 is 0 Å². The Morgan fingerprint density at radius 3 is 2.38 bits per heavy atom. The van der Waals surface area contributed by atoms with Crippen LogP contribution in [0.5, 0.6) is 0 Å². The molecule has 2 N–H and O–H groups in total. The molecule has 1 rings (SSSR count). The second kappa shape index (κ2) is 5.50. The van der Waals surface area contributed by atoms with E-state index in [4.69, 9.17) is 17.3 Å². The lowest BCUT2D eigenvalue weighted by Gasteiger charge is -2.41. The topological polar surface area (TPSA) is 29.3 Å². The van der Waals surface area contributed by atoms with Gasteiger partial charge in [0.2, 0.25) is 0 Å². The molecular weight excluding hydrogens is 240 g/mol.